The summed E-state index contributed by atoms with van der Waals surface area (Å²) in [7, 11) is 0. The zero-order valence-corrected chi connectivity index (χ0v) is 16.6. The Labute approximate surface area is 157 Å². The van der Waals surface area contributed by atoms with Crippen molar-refractivity contribution in [2.75, 3.05) is 0 Å². The van der Waals surface area contributed by atoms with Gasteiger partial charge in [-0.25, -0.2) is 0 Å². The Morgan fingerprint density at radius 3 is 1.88 bits per heavy atom. The number of hydrogen-bond acceptors (Lipinski definition) is 4. The minimum Gasteiger partial charge on any atom is -0.545 e. The van der Waals surface area contributed by atoms with E-state index in [1.807, 2.05) is 0 Å². The van der Waals surface area contributed by atoms with Crippen molar-refractivity contribution in [2.24, 2.45) is 11.8 Å². The van der Waals surface area contributed by atoms with E-state index in [1.54, 1.807) is 6.07 Å². The summed E-state index contributed by atoms with van der Waals surface area (Å²) in [6, 6.07) is 3.13. The highest BCUT2D eigenvalue weighted by molar-refractivity contribution is 6.01. The predicted octanol–water partition coefficient (Wildman–Crippen LogP) is 3.15. The van der Waals surface area contributed by atoms with Crippen molar-refractivity contribution in [1.82, 2.24) is 0 Å². The second-order valence-electron chi connectivity index (χ2n) is 7.60. The number of unbranched alkanes of at least 4 members (excludes halogenated alkanes) is 2. The van der Waals surface area contributed by atoms with E-state index in [-0.39, 0.29) is 17.0 Å². The quantitative estimate of drug-likeness (QED) is 0.573. The van der Waals surface area contributed by atoms with Crippen LogP contribution in [0.25, 0.3) is 0 Å². The van der Waals surface area contributed by atoms with Crippen LogP contribution in [0.1, 0.15) is 98.1 Å². The van der Waals surface area contributed by atoms with Crippen molar-refractivity contribution in [2.45, 2.75) is 79.1 Å². The van der Waals surface area contributed by atoms with Crippen LogP contribution in [0.15, 0.2) is 12.1 Å². The molecule has 0 heterocycles. The molecule has 2 unspecified atom stereocenters. The van der Waals surface area contributed by atoms with Crippen LogP contribution in [0.4, 0.5) is 0 Å². The summed E-state index contributed by atoms with van der Waals surface area (Å²) in [6.07, 6.45) is 7.78. The van der Waals surface area contributed by atoms with Gasteiger partial charge in [-0.15, -0.1) is 0 Å². The van der Waals surface area contributed by atoms with Gasteiger partial charge in [0, 0.05) is 11.1 Å². The number of carboxylic acid groups (broad SMARTS) is 2. The first-order valence-electron chi connectivity index (χ1n) is 9.89. The summed E-state index contributed by atoms with van der Waals surface area (Å²) in [5.41, 5.74) is 1.10. The number of carboxylic acids is 2. The first kappa shape index (κ1) is 22.2. The van der Waals surface area contributed by atoms with Gasteiger partial charge < -0.3 is 19.8 Å². The molecule has 0 bridgehead atoms. The zero-order valence-electron chi connectivity index (χ0n) is 16.6. The van der Waals surface area contributed by atoms with E-state index in [4.69, 9.17) is 0 Å². The minimum absolute atomic E-state index is 0.187. The maximum absolute atomic E-state index is 11.8. The largest absolute Gasteiger partial charge is 0.545 e. The molecule has 1 aromatic rings. The number of carbonyl (C=O) groups is 2. The van der Waals surface area contributed by atoms with Crippen LogP contribution in [-0.4, -0.2) is 11.9 Å². The standard InChI is InChI=1S/C22H34O4/c1-5-7-9-15(3)13-17-11-12-18(21(23)24)20(22(25)26)19(17)14-16(4)10-8-6-2/h11-12,15-16H,5-10,13-14H2,1-4H3,(H,23,24)(H,25,26)/p-2. The summed E-state index contributed by atoms with van der Waals surface area (Å²) in [5, 5.41) is 23.2. The molecule has 4 nitrogen and oxygen atoms in total. The highest BCUT2D eigenvalue weighted by Crippen LogP contribution is 2.27. The van der Waals surface area contributed by atoms with E-state index in [1.165, 1.54) is 6.07 Å². The normalized spacial score (nSPS) is 13.4. The van der Waals surface area contributed by atoms with Crippen LogP contribution in [0.2, 0.25) is 0 Å². The maximum atomic E-state index is 11.8. The van der Waals surface area contributed by atoms with Gasteiger partial charge in [-0.2, -0.15) is 0 Å². The number of aromatic carboxylic acids is 2. The fourth-order valence-electron chi connectivity index (χ4n) is 3.55. The van der Waals surface area contributed by atoms with Gasteiger partial charge >= 0.3 is 0 Å². The first-order chi connectivity index (χ1) is 12.3. The van der Waals surface area contributed by atoms with Gasteiger partial charge in [0.15, 0.2) is 0 Å². The summed E-state index contributed by atoms with van der Waals surface area (Å²) < 4.78 is 0. The molecule has 146 valence electrons. The molecule has 26 heavy (non-hydrogen) atoms. The third-order valence-corrected chi connectivity index (χ3v) is 5.06. The topological polar surface area (TPSA) is 80.3 Å². The van der Waals surface area contributed by atoms with Gasteiger partial charge in [-0.05, 0) is 35.8 Å². The summed E-state index contributed by atoms with van der Waals surface area (Å²) in [6.45, 7) is 8.52. The van der Waals surface area contributed by atoms with E-state index >= 15 is 0 Å². The molecular weight excluding hydrogens is 328 g/mol. The van der Waals surface area contributed by atoms with Gasteiger partial charge in [0.25, 0.3) is 0 Å². The fraction of sp³-hybridized carbons (Fsp3) is 0.636. The van der Waals surface area contributed by atoms with Crippen molar-refractivity contribution < 1.29 is 19.8 Å². The zero-order chi connectivity index (χ0) is 19.7. The Kier molecular flexibility index (Phi) is 9.39. The summed E-state index contributed by atoms with van der Waals surface area (Å²) in [4.78, 5) is 23.2. The lowest BCUT2D eigenvalue weighted by Crippen LogP contribution is -2.32. The molecule has 0 saturated carbocycles. The Morgan fingerprint density at radius 1 is 0.885 bits per heavy atom. The molecule has 0 saturated heterocycles. The molecule has 2 atom stereocenters. The minimum atomic E-state index is -1.46. The molecule has 0 fully saturated rings. The average molecular weight is 360 g/mol. The Bertz CT molecular complexity index is 606. The molecule has 1 aromatic carbocycles. The highest BCUT2D eigenvalue weighted by atomic mass is 16.4. The lowest BCUT2D eigenvalue weighted by molar-refractivity contribution is -0.259. The summed E-state index contributed by atoms with van der Waals surface area (Å²) >= 11 is 0. The van der Waals surface area contributed by atoms with Crippen LogP contribution in [-0.2, 0) is 12.8 Å². The first-order valence-corrected chi connectivity index (χ1v) is 9.89. The molecule has 0 amide bonds. The Morgan fingerprint density at radius 2 is 1.42 bits per heavy atom. The van der Waals surface area contributed by atoms with E-state index in [2.05, 4.69) is 27.7 Å². The van der Waals surface area contributed by atoms with Gasteiger partial charge in [0.1, 0.15) is 0 Å². The molecule has 0 aliphatic heterocycles. The summed E-state index contributed by atoms with van der Waals surface area (Å²) in [5.74, 6) is -2.18. The number of hydrogen-bond donors (Lipinski definition) is 0. The highest BCUT2D eigenvalue weighted by Gasteiger charge is 2.18. The molecule has 0 aliphatic carbocycles. The number of carbonyl (C=O) groups excluding carboxylic acids is 2. The van der Waals surface area contributed by atoms with Crippen LogP contribution >= 0.6 is 0 Å². The van der Waals surface area contributed by atoms with Crippen LogP contribution in [0.3, 0.4) is 0 Å². The predicted molar refractivity (Wildman–Crippen MR) is 99.9 cm³/mol. The van der Waals surface area contributed by atoms with Gasteiger partial charge in [-0.3, -0.25) is 0 Å². The van der Waals surface area contributed by atoms with E-state index in [0.29, 0.717) is 17.9 Å². The van der Waals surface area contributed by atoms with Crippen molar-refractivity contribution in [3.63, 3.8) is 0 Å². The lowest BCUT2D eigenvalue weighted by Gasteiger charge is -2.24. The average Bonchev–Trinajstić information content (AvgIpc) is 2.58. The molecule has 0 N–H and O–H groups in total. The van der Waals surface area contributed by atoms with Crippen molar-refractivity contribution >= 4 is 11.9 Å². The molecule has 1 rings (SSSR count). The van der Waals surface area contributed by atoms with Crippen molar-refractivity contribution in [1.29, 1.82) is 0 Å². The molecule has 0 aromatic heterocycles. The second kappa shape index (κ2) is 11.0. The van der Waals surface area contributed by atoms with Gasteiger partial charge in [0.05, 0.1) is 11.9 Å². The monoisotopic (exact) mass is 360 g/mol. The molecule has 0 aliphatic rings. The molecule has 0 spiro atoms. The van der Waals surface area contributed by atoms with Gasteiger partial charge in [0.2, 0.25) is 0 Å². The molecular formula is C22H32O4-2. The third-order valence-electron chi connectivity index (χ3n) is 5.06. The second-order valence-corrected chi connectivity index (χ2v) is 7.60. The number of rotatable bonds is 12. The Hall–Kier alpha value is -1.84. The SMILES string of the molecule is CCCCC(C)Cc1ccc(C(=O)[O-])c(C(=O)[O-])c1CC(C)CCCC. The smallest absolute Gasteiger partial charge is 0.0724 e. The van der Waals surface area contributed by atoms with Crippen molar-refractivity contribution in [3.8, 4) is 0 Å². The third kappa shape index (κ3) is 6.47. The Balaban J connectivity index is 3.27. The van der Waals surface area contributed by atoms with E-state index in [9.17, 15) is 19.8 Å². The van der Waals surface area contributed by atoms with Crippen LogP contribution in [0.5, 0.6) is 0 Å². The van der Waals surface area contributed by atoms with E-state index in [0.717, 1.165) is 50.5 Å². The van der Waals surface area contributed by atoms with Gasteiger partial charge in [-0.1, -0.05) is 78.4 Å². The maximum Gasteiger partial charge on any atom is 0.0724 e. The molecule has 0 radical (unpaired) electrons. The lowest BCUT2D eigenvalue weighted by atomic mass is 9.84. The van der Waals surface area contributed by atoms with Crippen LogP contribution in [0, 0.1) is 11.8 Å². The fourth-order valence-corrected chi connectivity index (χ4v) is 3.55. The molecule has 4 heteroatoms. The van der Waals surface area contributed by atoms with Crippen molar-refractivity contribution in [3.05, 3.63) is 34.4 Å². The van der Waals surface area contributed by atoms with Crippen LogP contribution < -0.4 is 10.2 Å². The number of benzene rings is 1. The van der Waals surface area contributed by atoms with E-state index < -0.39 is 11.9 Å².